The largest absolute Gasteiger partial charge is 0.291 e. The normalized spacial score (nSPS) is 21.4. The molecular formula is C14H19ClN4. The fourth-order valence-corrected chi connectivity index (χ4v) is 3.02. The molecule has 19 heavy (non-hydrogen) atoms. The van der Waals surface area contributed by atoms with Crippen molar-refractivity contribution in [2.24, 2.45) is 0 Å². The Morgan fingerprint density at radius 2 is 2.21 bits per heavy atom. The molecule has 0 spiro atoms. The zero-order chi connectivity index (χ0) is 13.4. The van der Waals surface area contributed by atoms with Crippen LogP contribution in [0, 0.1) is 0 Å². The van der Waals surface area contributed by atoms with E-state index in [0.717, 1.165) is 24.4 Å². The number of hydrogen-bond acceptors (Lipinski definition) is 3. The minimum atomic E-state index is 0.340. The molecule has 1 fully saturated rings. The molecule has 1 aliphatic heterocycles. The fourth-order valence-electron chi connectivity index (χ4n) is 2.86. The van der Waals surface area contributed by atoms with Crippen molar-refractivity contribution in [2.75, 3.05) is 6.54 Å². The van der Waals surface area contributed by atoms with Crippen LogP contribution in [-0.2, 0) is 0 Å². The molecule has 0 aliphatic carbocycles. The maximum absolute atomic E-state index is 6.00. The molecule has 0 saturated carbocycles. The van der Waals surface area contributed by atoms with E-state index >= 15 is 0 Å². The van der Waals surface area contributed by atoms with Crippen LogP contribution in [0.15, 0.2) is 18.3 Å². The molecular weight excluding hydrogens is 260 g/mol. The van der Waals surface area contributed by atoms with Gasteiger partial charge in [-0.1, -0.05) is 18.0 Å². The lowest BCUT2D eigenvalue weighted by Crippen LogP contribution is -2.39. The molecule has 0 bridgehead atoms. The Morgan fingerprint density at radius 1 is 1.37 bits per heavy atom. The van der Waals surface area contributed by atoms with Gasteiger partial charge in [0.05, 0.1) is 6.04 Å². The molecule has 2 aromatic heterocycles. The molecule has 3 heterocycles. The van der Waals surface area contributed by atoms with Gasteiger partial charge in [-0.3, -0.25) is 4.90 Å². The summed E-state index contributed by atoms with van der Waals surface area (Å²) in [5.41, 5.74) is 0.830. The van der Waals surface area contributed by atoms with E-state index in [0.29, 0.717) is 17.1 Å². The summed E-state index contributed by atoms with van der Waals surface area (Å²) in [4.78, 5) is 7.16. The molecule has 2 aromatic rings. The fraction of sp³-hybridized carbons (Fsp3) is 0.571. The molecule has 1 unspecified atom stereocenters. The van der Waals surface area contributed by atoms with Gasteiger partial charge in [-0.05, 0) is 39.3 Å². The minimum absolute atomic E-state index is 0.340. The first kappa shape index (κ1) is 12.9. The molecule has 1 saturated heterocycles. The number of piperidine rings is 1. The first-order valence-electron chi connectivity index (χ1n) is 6.93. The Bertz CT molecular complexity index is 578. The van der Waals surface area contributed by atoms with Gasteiger partial charge in [0, 0.05) is 23.3 Å². The van der Waals surface area contributed by atoms with Crippen molar-refractivity contribution in [1.29, 1.82) is 0 Å². The maximum Gasteiger partial charge on any atom is 0.168 e. The van der Waals surface area contributed by atoms with E-state index in [-0.39, 0.29) is 0 Å². The summed E-state index contributed by atoms with van der Waals surface area (Å²) in [5.74, 6) is 0.927. The predicted molar refractivity (Wildman–Crippen MR) is 76.4 cm³/mol. The van der Waals surface area contributed by atoms with Gasteiger partial charge in [0.25, 0.3) is 0 Å². The van der Waals surface area contributed by atoms with E-state index in [2.05, 4.69) is 28.8 Å². The van der Waals surface area contributed by atoms with E-state index in [1.165, 1.54) is 12.8 Å². The average Bonchev–Trinajstić information content (AvgIpc) is 2.81. The number of pyridine rings is 1. The summed E-state index contributed by atoms with van der Waals surface area (Å²) in [6, 6.07) is 4.57. The van der Waals surface area contributed by atoms with Crippen LogP contribution in [0.1, 0.15) is 45.0 Å². The molecule has 0 N–H and O–H groups in total. The SMILES string of the molecule is CC(C)N1CCCCC1c1nc2cc(Cl)ccn2n1. The molecule has 0 radical (unpaired) electrons. The average molecular weight is 279 g/mol. The summed E-state index contributed by atoms with van der Waals surface area (Å²) in [5, 5.41) is 5.32. The summed E-state index contributed by atoms with van der Waals surface area (Å²) in [6.45, 7) is 5.62. The van der Waals surface area contributed by atoms with Gasteiger partial charge in [0.1, 0.15) is 0 Å². The van der Waals surface area contributed by atoms with Crippen molar-refractivity contribution < 1.29 is 0 Å². The lowest BCUT2D eigenvalue weighted by Gasteiger charge is -2.36. The number of halogens is 1. The van der Waals surface area contributed by atoms with Crippen molar-refractivity contribution in [3.05, 3.63) is 29.2 Å². The highest BCUT2D eigenvalue weighted by Gasteiger charge is 2.28. The predicted octanol–water partition coefficient (Wildman–Crippen LogP) is 3.32. The number of nitrogens with zero attached hydrogens (tertiary/aromatic N) is 4. The Kier molecular flexibility index (Phi) is 3.46. The Hall–Kier alpha value is -1.13. The lowest BCUT2D eigenvalue weighted by atomic mass is 10.00. The smallest absolute Gasteiger partial charge is 0.168 e. The number of aromatic nitrogens is 3. The van der Waals surface area contributed by atoms with Crippen LogP contribution in [0.3, 0.4) is 0 Å². The summed E-state index contributed by atoms with van der Waals surface area (Å²) in [6.07, 6.45) is 5.54. The van der Waals surface area contributed by atoms with Gasteiger partial charge >= 0.3 is 0 Å². The zero-order valence-corrected chi connectivity index (χ0v) is 12.1. The number of likely N-dealkylation sites (tertiary alicyclic amines) is 1. The highest BCUT2D eigenvalue weighted by atomic mass is 35.5. The van der Waals surface area contributed by atoms with E-state index in [1.807, 2.05) is 22.8 Å². The van der Waals surface area contributed by atoms with Crippen molar-refractivity contribution in [3.8, 4) is 0 Å². The monoisotopic (exact) mass is 278 g/mol. The third kappa shape index (κ3) is 2.47. The van der Waals surface area contributed by atoms with Crippen molar-refractivity contribution in [2.45, 2.75) is 45.2 Å². The molecule has 1 atom stereocenters. The molecule has 1 aliphatic rings. The highest BCUT2D eigenvalue weighted by Crippen LogP contribution is 2.30. The molecule has 5 heteroatoms. The summed E-state index contributed by atoms with van der Waals surface area (Å²) < 4.78 is 1.81. The van der Waals surface area contributed by atoms with E-state index < -0.39 is 0 Å². The maximum atomic E-state index is 6.00. The van der Waals surface area contributed by atoms with Crippen LogP contribution in [0.25, 0.3) is 5.65 Å². The second-order valence-electron chi connectivity index (χ2n) is 5.46. The quantitative estimate of drug-likeness (QED) is 0.845. The van der Waals surface area contributed by atoms with Gasteiger partial charge in [0.2, 0.25) is 0 Å². The molecule has 3 rings (SSSR count). The van der Waals surface area contributed by atoms with E-state index in [9.17, 15) is 0 Å². The first-order chi connectivity index (χ1) is 9.15. The minimum Gasteiger partial charge on any atom is -0.291 e. The second-order valence-corrected chi connectivity index (χ2v) is 5.90. The van der Waals surface area contributed by atoms with Gasteiger partial charge in [0.15, 0.2) is 11.5 Å². The highest BCUT2D eigenvalue weighted by molar-refractivity contribution is 6.30. The summed E-state index contributed by atoms with van der Waals surface area (Å²) in [7, 11) is 0. The lowest BCUT2D eigenvalue weighted by molar-refractivity contribution is 0.106. The first-order valence-corrected chi connectivity index (χ1v) is 7.30. The Morgan fingerprint density at radius 3 is 3.00 bits per heavy atom. The van der Waals surface area contributed by atoms with Crippen LogP contribution < -0.4 is 0 Å². The van der Waals surface area contributed by atoms with Gasteiger partial charge < -0.3 is 0 Å². The number of hydrogen-bond donors (Lipinski definition) is 0. The topological polar surface area (TPSA) is 33.4 Å². The zero-order valence-electron chi connectivity index (χ0n) is 11.4. The van der Waals surface area contributed by atoms with Crippen molar-refractivity contribution in [3.63, 3.8) is 0 Å². The van der Waals surface area contributed by atoms with E-state index in [1.54, 1.807) is 0 Å². The van der Waals surface area contributed by atoms with Gasteiger partial charge in [-0.15, -0.1) is 5.10 Å². The molecule has 102 valence electrons. The van der Waals surface area contributed by atoms with Gasteiger partial charge in [-0.2, -0.15) is 0 Å². The van der Waals surface area contributed by atoms with Crippen molar-refractivity contribution in [1.82, 2.24) is 19.5 Å². The second kappa shape index (κ2) is 5.10. The Balaban J connectivity index is 1.97. The molecule has 0 aromatic carbocycles. The summed E-state index contributed by atoms with van der Waals surface area (Å²) >= 11 is 6.00. The third-order valence-corrected chi connectivity index (χ3v) is 4.06. The van der Waals surface area contributed by atoms with Crippen LogP contribution in [0.4, 0.5) is 0 Å². The number of fused-ring (bicyclic) bond motifs is 1. The van der Waals surface area contributed by atoms with Crippen LogP contribution >= 0.6 is 11.6 Å². The van der Waals surface area contributed by atoms with Crippen LogP contribution in [0.5, 0.6) is 0 Å². The van der Waals surface area contributed by atoms with Crippen molar-refractivity contribution >= 4 is 17.2 Å². The molecule has 0 amide bonds. The molecule has 4 nitrogen and oxygen atoms in total. The van der Waals surface area contributed by atoms with Crippen LogP contribution in [-0.4, -0.2) is 32.1 Å². The van der Waals surface area contributed by atoms with E-state index in [4.69, 9.17) is 11.6 Å². The standard InChI is InChI=1S/C14H19ClN4/c1-10(2)18-7-4-3-5-12(18)14-16-13-9-11(15)6-8-19(13)17-14/h6,8-10,12H,3-5,7H2,1-2H3. The van der Waals surface area contributed by atoms with Crippen LogP contribution in [0.2, 0.25) is 5.02 Å². The van der Waals surface area contributed by atoms with Gasteiger partial charge in [-0.25, -0.2) is 9.50 Å². The number of rotatable bonds is 2. The third-order valence-electron chi connectivity index (χ3n) is 3.82. The Labute approximate surface area is 118 Å².